The molecule has 0 radical (unpaired) electrons. The Morgan fingerprint density at radius 1 is 1.20 bits per heavy atom. The smallest absolute Gasteiger partial charge is 0.307 e. The summed E-state index contributed by atoms with van der Waals surface area (Å²) in [5, 5.41) is 1.11. The fourth-order valence-electron chi connectivity index (χ4n) is 1.40. The van der Waals surface area contributed by atoms with Gasteiger partial charge >= 0.3 is 20.8 Å². The zero-order valence-electron chi connectivity index (χ0n) is 9.87. The second kappa shape index (κ2) is 5.41. The van der Waals surface area contributed by atoms with Crippen LogP contribution in [-0.2, 0) is 16.7 Å². The summed E-state index contributed by atoms with van der Waals surface area (Å²) in [7, 11) is -5.65. The first kappa shape index (κ1) is 14.8. The molecule has 0 aliphatic rings. The van der Waals surface area contributed by atoms with Gasteiger partial charge in [-0.3, -0.25) is 0 Å². The SMILES string of the molecule is O=S(=O)(Oc1scc[n+]1Cc1ccccc1)C(F)(F)F. The molecular formula is C11H9F3NO3S2+. The quantitative estimate of drug-likeness (QED) is 0.493. The molecule has 9 heteroatoms. The number of thiazole rings is 1. The lowest BCUT2D eigenvalue weighted by molar-refractivity contribution is -0.686. The van der Waals surface area contributed by atoms with Crippen molar-refractivity contribution in [3.8, 4) is 5.19 Å². The normalized spacial score (nSPS) is 12.3. The number of rotatable bonds is 4. The van der Waals surface area contributed by atoms with Crippen LogP contribution in [0.1, 0.15) is 5.56 Å². The van der Waals surface area contributed by atoms with Gasteiger partial charge in [0.2, 0.25) is 0 Å². The second-order valence-corrected chi connectivity index (χ2v) is 6.16. The molecule has 0 N–H and O–H groups in total. The Hall–Kier alpha value is -1.61. The van der Waals surface area contributed by atoms with Crippen LogP contribution in [0.25, 0.3) is 0 Å². The van der Waals surface area contributed by atoms with E-state index in [2.05, 4.69) is 4.18 Å². The van der Waals surface area contributed by atoms with E-state index in [1.807, 2.05) is 0 Å². The predicted octanol–water partition coefficient (Wildman–Crippen LogP) is 2.31. The van der Waals surface area contributed by atoms with Gasteiger partial charge in [0.25, 0.3) is 0 Å². The molecule has 0 aliphatic heterocycles. The summed E-state index contributed by atoms with van der Waals surface area (Å²) < 4.78 is 64.2. The van der Waals surface area contributed by atoms with Gasteiger partial charge < -0.3 is 4.18 Å². The van der Waals surface area contributed by atoms with Crippen molar-refractivity contribution in [1.29, 1.82) is 0 Å². The van der Waals surface area contributed by atoms with Crippen LogP contribution in [0.3, 0.4) is 0 Å². The van der Waals surface area contributed by atoms with Crippen LogP contribution in [0.4, 0.5) is 13.2 Å². The first-order valence-corrected chi connectivity index (χ1v) is 7.60. The van der Waals surface area contributed by atoms with E-state index in [1.165, 1.54) is 16.1 Å². The molecule has 20 heavy (non-hydrogen) atoms. The third-order valence-electron chi connectivity index (χ3n) is 2.30. The monoisotopic (exact) mass is 324 g/mol. The molecule has 4 nitrogen and oxygen atoms in total. The maximum Gasteiger partial charge on any atom is 0.534 e. The number of aromatic nitrogens is 1. The molecule has 0 saturated carbocycles. The number of halogens is 3. The van der Waals surface area contributed by atoms with Gasteiger partial charge in [-0.1, -0.05) is 30.3 Å². The maximum atomic E-state index is 12.3. The summed E-state index contributed by atoms with van der Waals surface area (Å²) in [4.78, 5) is 0. The molecule has 0 atom stereocenters. The average Bonchev–Trinajstić information content (AvgIpc) is 2.76. The van der Waals surface area contributed by atoms with Gasteiger partial charge in [-0.25, -0.2) is 0 Å². The van der Waals surface area contributed by atoms with E-state index in [1.54, 1.807) is 30.3 Å². The van der Waals surface area contributed by atoms with E-state index >= 15 is 0 Å². The fourth-order valence-corrected chi connectivity index (χ4v) is 2.79. The van der Waals surface area contributed by atoms with Gasteiger partial charge in [0.15, 0.2) is 12.7 Å². The van der Waals surface area contributed by atoms with E-state index in [-0.39, 0.29) is 11.7 Å². The molecule has 2 rings (SSSR count). The average molecular weight is 324 g/mol. The number of hydrogen-bond acceptors (Lipinski definition) is 4. The lowest BCUT2D eigenvalue weighted by atomic mass is 10.2. The summed E-state index contributed by atoms with van der Waals surface area (Å²) in [6, 6.07) is 8.89. The van der Waals surface area contributed by atoms with E-state index in [0.29, 0.717) is 0 Å². The molecule has 0 unspecified atom stereocenters. The molecule has 1 heterocycles. The van der Waals surface area contributed by atoms with E-state index in [4.69, 9.17) is 0 Å². The summed E-state index contributed by atoms with van der Waals surface area (Å²) in [5.74, 6) is 0. The van der Waals surface area contributed by atoms with Crippen molar-refractivity contribution in [1.82, 2.24) is 0 Å². The lowest BCUT2D eigenvalue weighted by Gasteiger charge is -2.06. The topological polar surface area (TPSA) is 47.3 Å². The minimum atomic E-state index is -5.65. The number of alkyl halides is 3. The minimum absolute atomic E-state index is 0.215. The zero-order valence-corrected chi connectivity index (χ0v) is 11.5. The first-order valence-electron chi connectivity index (χ1n) is 5.31. The molecule has 0 fully saturated rings. The van der Waals surface area contributed by atoms with Crippen molar-refractivity contribution in [2.75, 3.05) is 0 Å². The van der Waals surface area contributed by atoms with E-state index in [9.17, 15) is 21.6 Å². The highest BCUT2D eigenvalue weighted by Gasteiger charge is 2.50. The van der Waals surface area contributed by atoms with E-state index in [0.717, 1.165) is 16.9 Å². The molecule has 108 valence electrons. The molecule has 0 amide bonds. The molecule has 0 spiro atoms. The van der Waals surface area contributed by atoms with Crippen molar-refractivity contribution in [2.24, 2.45) is 0 Å². The first-order chi connectivity index (χ1) is 9.29. The molecule has 0 saturated heterocycles. The third kappa shape index (κ3) is 3.28. The predicted molar refractivity (Wildman–Crippen MR) is 65.7 cm³/mol. The maximum absolute atomic E-state index is 12.3. The van der Waals surface area contributed by atoms with Crippen molar-refractivity contribution in [2.45, 2.75) is 12.1 Å². The molecular weight excluding hydrogens is 315 g/mol. The highest BCUT2D eigenvalue weighted by Crippen LogP contribution is 2.27. The van der Waals surface area contributed by atoms with Crippen molar-refractivity contribution in [3.63, 3.8) is 0 Å². The summed E-state index contributed by atoms with van der Waals surface area (Å²) in [5.41, 5.74) is -4.63. The Balaban J connectivity index is 2.22. The third-order valence-corrected chi connectivity index (χ3v) is 4.13. The Labute approximate surface area is 117 Å². The van der Waals surface area contributed by atoms with E-state index < -0.39 is 15.6 Å². The number of benzene rings is 1. The van der Waals surface area contributed by atoms with Crippen LogP contribution in [0.2, 0.25) is 0 Å². The van der Waals surface area contributed by atoms with Gasteiger partial charge in [0, 0.05) is 5.56 Å². The van der Waals surface area contributed by atoms with Crippen LogP contribution < -0.4 is 8.75 Å². The van der Waals surface area contributed by atoms with Crippen LogP contribution in [0.15, 0.2) is 41.9 Å². The van der Waals surface area contributed by atoms with Gasteiger partial charge in [0.1, 0.15) is 0 Å². The highest BCUT2D eigenvalue weighted by molar-refractivity contribution is 7.88. The standard InChI is InChI=1S/C11H9F3NO3S2/c12-11(13,14)20(16,17)18-10-15(6-7-19-10)8-9-4-2-1-3-5-9/h1-7H,8H2/q+1. The lowest BCUT2D eigenvalue weighted by Crippen LogP contribution is -2.37. The molecule has 0 bridgehead atoms. The van der Waals surface area contributed by atoms with Crippen LogP contribution in [0, 0.1) is 0 Å². The Morgan fingerprint density at radius 3 is 2.45 bits per heavy atom. The zero-order chi connectivity index (χ0) is 14.8. The van der Waals surface area contributed by atoms with Crippen molar-refractivity contribution in [3.05, 3.63) is 47.5 Å². The van der Waals surface area contributed by atoms with Gasteiger partial charge in [-0.2, -0.15) is 26.2 Å². The van der Waals surface area contributed by atoms with Gasteiger partial charge in [0.05, 0.1) is 5.38 Å². The van der Waals surface area contributed by atoms with Gasteiger partial charge in [-0.15, -0.1) is 0 Å². The Bertz CT molecular complexity index is 680. The highest BCUT2D eigenvalue weighted by atomic mass is 32.2. The molecule has 1 aromatic carbocycles. The Morgan fingerprint density at radius 2 is 1.85 bits per heavy atom. The summed E-state index contributed by atoms with van der Waals surface area (Å²) >= 11 is 0.773. The largest absolute Gasteiger partial charge is 0.534 e. The Kier molecular flexibility index (Phi) is 4.00. The molecule has 1 aromatic heterocycles. The minimum Gasteiger partial charge on any atom is -0.307 e. The van der Waals surface area contributed by atoms with Crippen LogP contribution in [0.5, 0.6) is 5.19 Å². The van der Waals surface area contributed by atoms with Gasteiger partial charge in [-0.05, 0) is 11.3 Å². The van der Waals surface area contributed by atoms with Crippen LogP contribution >= 0.6 is 11.3 Å². The summed E-state index contributed by atoms with van der Waals surface area (Å²) in [6.07, 6.45) is 1.46. The number of hydrogen-bond donors (Lipinski definition) is 0. The fraction of sp³-hybridized carbons (Fsp3) is 0.182. The molecule has 0 aliphatic carbocycles. The summed E-state index contributed by atoms with van der Waals surface area (Å²) in [6.45, 7) is 0.215. The van der Waals surface area contributed by atoms with Crippen molar-refractivity contribution >= 4 is 21.5 Å². The molecule has 2 aromatic rings. The van der Waals surface area contributed by atoms with Crippen LogP contribution in [-0.4, -0.2) is 13.9 Å². The number of nitrogens with zero attached hydrogens (tertiary/aromatic N) is 1. The van der Waals surface area contributed by atoms with Crippen molar-refractivity contribution < 1.29 is 30.3 Å². The second-order valence-electron chi connectivity index (χ2n) is 3.77.